The van der Waals surface area contributed by atoms with E-state index in [9.17, 15) is 5.11 Å². The third-order valence-electron chi connectivity index (χ3n) is 3.66. The molecule has 1 fully saturated rings. The summed E-state index contributed by atoms with van der Waals surface area (Å²) in [6.07, 6.45) is 1.59. The van der Waals surface area contributed by atoms with Crippen LogP contribution in [-0.2, 0) is 11.2 Å². The molecule has 2 heterocycles. The molecule has 6 nitrogen and oxygen atoms in total. The molecular weight excluding hydrogens is 268 g/mol. The number of ether oxygens (including phenoxy) is 1. The second kappa shape index (κ2) is 6.15. The van der Waals surface area contributed by atoms with E-state index in [1.54, 1.807) is 0 Å². The monoisotopic (exact) mass is 294 g/mol. The summed E-state index contributed by atoms with van der Waals surface area (Å²) >= 11 is 0. The highest BCUT2D eigenvalue weighted by Gasteiger charge is 2.34. The molecule has 1 aromatic heterocycles. The van der Waals surface area contributed by atoms with Crippen molar-refractivity contribution in [3.8, 4) is 0 Å². The fourth-order valence-corrected chi connectivity index (χ4v) is 2.76. The Labute approximate surface area is 126 Å². The average molecular weight is 294 g/mol. The van der Waals surface area contributed by atoms with E-state index in [-0.39, 0.29) is 18.3 Å². The maximum absolute atomic E-state index is 9.44. The van der Waals surface area contributed by atoms with E-state index in [0.717, 1.165) is 30.0 Å². The Morgan fingerprint density at radius 1 is 1.43 bits per heavy atom. The number of aromatic nitrogens is 2. The molecule has 1 atom stereocenters. The van der Waals surface area contributed by atoms with Gasteiger partial charge in [0.15, 0.2) is 0 Å². The lowest BCUT2D eigenvalue weighted by Gasteiger charge is -2.43. The molecule has 0 amide bonds. The molecule has 0 saturated carbocycles. The topological polar surface area (TPSA) is 84.5 Å². The van der Waals surface area contributed by atoms with Crippen molar-refractivity contribution >= 4 is 11.6 Å². The molecule has 1 aliphatic heterocycles. The standard InChI is InChI=1S/C15H26N4O2/c1-5-6-12-17-13(16)10(2)14(18-12)19-7-11(8-20)21-15(3,4)9-19/h11,20H,5-9H2,1-4H3,(H2,16,17,18). The zero-order valence-electron chi connectivity index (χ0n) is 13.4. The van der Waals surface area contributed by atoms with Crippen LogP contribution >= 0.6 is 0 Å². The van der Waals surface area contributed by atoms with Gasteiger partial charge in [0.2, 0.25) is 0 Å². The van der Waals surface area contributed by atoms with Crippen LogP contribution in [0.3, 0.4) is 0 Å². The molecule has 0 bridgehead atoms. The summed E-state index contributed by atoms with van der Waals surface area (Å²) in [4.78, 5) is 11.2. The van der Waals surface area contributed by atoms with Crippen molar-refractivity contribution in [3.63, 3.8) is 0 Å². The van der Waals surface area contributed by atoms with Crippen LogP contribution in [0.2, 0.25) is 0 Å². The van der Waals surface area contributed by atoms with Gasteiger partial charge >= 0.3 is 0 Å². The first kappa shape index (κ1) is 16.0. The molecular formula is C15H26N4O2. The van der Waals surface area contributed by atoms with Gasteiger partial charge in [-0.25, -0.2) is 9.97 Å². The van der Waals surface area contributed by atoms with Crippen molar-refractivity contribution in [2.24, 2.45) is 0 Å². The lowest BCUT2D eigenvalue weighted by Crippen LogP contribution is -2.54. The van der Waals surface area contributed by atoms with Crippen LogP contribution in [0.5, 0.6) is 0 Å². The SMILES string of the molecule is CCCc1nc(N)c(C)c(N2CC(CO)OC(C)(C)C2)n1. The van der Waals surface area contributed by atoms with Gasteiger partial charge in [-0.3, -0.25) is 0 Å². The summed E-state index contributed by atoms with van der Waals surface area (Å²) in [5, 5.41) is 9.44. The fraction of sp³-hybridized carbons (Fsp3) is 0.733. The lowest BCUT2D eigenvalue weighted by atomic mass is 10.0. The Morgan fingerprint density at radius 2 is 2.14 bits per heavy atom. The van der Waals surface area contributed by atoms with Gasteiger partial charge < -0.3 is 20.5 Å². The lowest BCUT2D eigenvalue weighted by molar-refractivity contribution is -0.101. The first-order chi connectivity index (χ1) is 9.86. The molecule has 0 radical (unpaired) electrons. The average Bonchev–Trinajstić information content (AvgIpc) is 2.41. The van der Waals surface area contributed by atoms with E-state index in [2.05, 4.69) is 21.8 Å². The summed E-state index contributed by atoms with van der Waals surface area (Å²) < 4.78 is 5.86. The third-order valence-corrected chi connectivity index (χ3v) is 3.66. The molecule has 1 aromatic rings. The van der Waals surface area contributed by atoms with Gasteiger partial charge in [0.05, 0.1) is 18.3 Å². The van der Waals surface area contributed by atoms with E-state index in [4.69, 9.17) is 10.5 Å². The summed E-state index contributed by atoms with van der Waals surface area (Å²) in [6, 6.07) is 0. The second-order valence-corrected chi connectivity index (χ2v) is 6.29. The maximum Gasteiger partial charge on any atom is 0.137 e. The van der Waals surface area contributed by atoms with E-state index in [1.807, 2.05) is 20.8 Å². The molecule has 118 valence electrons. The zero-order valence-corrected chi connectivity index (χ0v) is 13.4. The van der Waals surface area contributed by atoms with Crippen molar-refractivity contribution in [2.75, 3.05) is 30.3 Å². The molecule has 21 heavy (non-hydrogen) atoms. The maximum atomic E-state index is 9.44. The Hall–Kier alpha value is -1.40. The van der Waals surface area contributed by atoms with Crippen molar-refractivity contribution in [2.45, 2.75) is 52.2 Å². The summed E-state index contributed by atoms with van der Waals surface area (Å²) in [6.45, 7) is 9.41. The minimum atomic E-state index is -0.331. The number of rotatable bonds is 4. The molecule has 0 aromatic carbocycles. The molecule has 3 N–H and O–H groups in total. The van der Waals surface area contributed by atoms with Gasteiger partial charge in [-0.05, 0) is 27.2 Å². The highest BCUT2D eigenvalue weighted by atomic mass is 16.5. The number of nitrogens with two attached hydrogens (primary N) is 1. The van der Waals surface area contributed by atoms with Crippen molar-refractivity contribution in [1.82, 2.24) is 9.97 Å². The Balaban J connectivity index is 2.35. The minimum Gasteiger partial charge on any atom is -0.394 e. The van der Waals surface area contributed by atoms with E-state index in [0.29, 0.717) is 18.9 Å². The van der Waals surface area contributed by atoms with Gasteiger partial charge in [0.25, 0.3) is 0 Å². The van der Waals surface area contributed by atoms with Crippen molar-refractivity contribution in [1.29, 1.82) is 0 Å². The van der Waals surface area contributed by atoms with E-state index >= 15 is 0 Å². The van der Waals surface area contributed by atoms with Crippen LogP contribution in [0.15, 0.2) is 0 Å². The second-order valence-electron chi connectivity index (χ2n) is 6.29. The molecule has 6 heteroatoms. The number of aliphatic hydroxyl groups excluding tert-OH is 1. The van der Waals surface area contributed by atoms with E-state index in [1.165, 1.54) is 0 Å². The van der Waals surface area contributed by atoms with Crippen molar-refractivity contribution < 1.29 is 9.84 Å². The predicted octanol–water partition coefficient (Wildman–Crippen LogP) is 1.30. The molecule has 1 unspecified atom stereocenters. The number of aryl methyl sites for hydroxylation is 1. The Kier molecular flexibility index (Phi) is 4.68. The van der Waals surface area contributed by atoms with Crippen LogP contribution in [0.1, 0.15) is 38.6 Å². The van der Waals surface area contributed by atoms with Crippen molar-refractivity contribution in [3.05, 3.63) is 11.4 Å². The molecule has 1 saturated heterocycles. The first-order valence-electron chi connectivity index (χ1n) is 7.53. The van der Waals surface area contributed by atoms with Crippen LogP contribution in [-0.4, -0.2) is 46.5 Å². The van der Waals surface area contributed by atoms with Gasteiger partial charge in [0.1, 0.15) is 17.5 Å². The first-order valence-corrected chi connectivity index (χ1v) is 7.53. The summed E-state index contributed by atoms with van der Waals surface area (Å²) in [7, 11) is 0. The number of nitrogens with zero attached hydrogens (tertiary/aromatic N) is 3. The minimum absolute atomic E-state index is 0.00135. The number of hydrogen-bond donors (Lipinski definition) is 2. The number of aliphatic hydroxyl groups is 1. The van der Waals surface area contributed by atoms with Crippen LogP contribution in [0, 0.1) is 6.92 Å². The molecule has 0 aliphatic carbocycles. The molecule has 1 aliphatic rings. The molecule has 0 spiro atoms. The smallest absolute Gasteiger partial charge is 0.137 e. The van der Waals surface area contributed by atoms with Crippen LogP contribution in [0.25, 0.3) is 0 Å². The number of anilines is 2. The van der Waals surface area contributed by atoms with Gasteiger partial charge in [-0.15, -0.1) is 0 Å². The van der Waals surface area contributed by atoms with Gasteiger partial charge in [-0.1, -0.05) is 6.92 Å². The van der Waals surface area contributed by atoms with Crippen LogP contribution < -0.4 is 10.6 Å². The zero-order chi connectivity index (χ0) is 15.6. The highest BCUT2D eigenvalue weighted by molar-refractivity contribution is 5.57. The summed E-state index contributed by atoms with van der Waals surface area (Å²) in [5.41, 5.74) is 6.60. The van der Waals surface area contributed by atoms with Gasteiger partial charge in [0, 0.05) is 25.1 Å². The predicted molar refractivity (Wildman–Crippen MR) is 83.4 cm³/mol. The Morgan fingerprint density at radius 3 is 2.76 bits per heavy atom. The Bertz CT molecular complexity index is 505. The number of hydrogen-bond acceptors (Lipinski definition) is 6. The quantitative estimate of drug-likeness (QED) is 0.870. The van der Waals surface area contributed by atoms with E-state index < -0.39 is 0 Å². The fourth-order valence-electron chi connectivity index (χ4n) is 2.76. The highest BCUT2D eigenvalue weighted by Crippen LogP contribution is 2.28. The van der Waals surface area contributed by atoms with Crippen LogP contribution in [0.4, 0.5) is 11.6 Å². The third kappa shape index (κ3) is 3.63. The number of nitrogen functional groups attached to an aromatic ring is 1. The largest absolute Gasteiger partial charge is 0.394 e. The molecule has 2 rings (SSSR count). The summed E-state index contributed by atoms with van der Waals surface area (Å²) in [5.74, 6) is 2.18. The number of morpholine rings is 1. The normalized spacial score (nSPS) is 21.6. The van der Waals surface area contributed by atoms with Gasteiger partial charge in [-0.2, -0.15) is 0 Å².